The minimum Gasteiger partial charge on any atom is -0.322 e. The summed E-state index contributed by atoms with van der Waals surface area (Å²) < 4.78 is 0. The Hall–Kier alpha value is -0.570. The maximum atomic E-state index is 13.2. The number of hydrogen-bond donors (Lipinski definition) is 1. The number of nitrogens with one attached hydrogen (secondary N) is 1. The Labute approximate surface area is 122 Å². The Bertz CT molecular complexity index is 413. The van der Waals surface area contributed by atoms with Gasteiger partial charge in [-0.2, -0.15) is 0 Å². The van der Waals surface area contributed by atoms with Crippen LogP contribution in [-0.2, 0) is 4.79 Å². The van der Waals surface area contributed by atoms with Crippen molar-refractivity contribution in [2.75, 3.05) is 0 Å². The van der Waals surface area contributed by atoms with Gasteiger partial charge in [-0.15, -0.1) is 0 Å². The van der Waals surface area contributed by atoms with Crippen LogP contribution in [0.3, 0.4) is 0 Å². The van der Waals surface area contributed by atoms with Crippen molar-refractivity contribution in [1.82, 2.24) is 10.2 Å². The molecule has 3 nitrogen and oxygen atoms in total. The van der Waals surface area contributed by atoms with Crippen LogP contribution in [-0.4, -0.2) is 28.6 Å². The number of rotatable bonds is 2. The molecular formula is C17H28N2O. The van der Waals surface area contributed by atoms with Crippen molar-refractivity contribution in [1.29, 1.82) is 0 Å². The fourth-order valence-electron chi connectivity index (χ4n) is 5.52. The molecule has 1 amide bonds. The number of hydrogen-bond acceptors (Lipinski definition) is 2. The van der Waals surface area contributed by atoms with E-state index in [0.717, 1.165) is 24.7 Å². The Morgan fingerprint density at radius 1 is 1.20 bits per heavy atom. The highest BCUT2D eigenvalue weighted by Gasteiger charge is 2.57. The van der Waals surface area contributed by atoms with E-state index in [4.69, 9.17) is 0 Å². The van der Waals surface area contributed by atoms with Gasteiger partial charge in [0.25, 0.3) is 0 Å². The lowest BCUT2D eigenvalue weighted by atomic mass is 9.91. The third kappa shape index (κ3) is 1.71. The smallest absolute Gasteiger partial charge is 0.244 e. The highest BCUT2D eigenvalue weighted by molar-refractivity contribution is 5.89. The van der Waals surface area contributed by atoms with Gasteiger partial charge >= 0.3 is 0 Å². The van der Waals surface area contributed by atoms with E-state index >= 15 is 0 Å². The monoisotopic (exact) mass is 276 g/mol. The van der Waals surface area contributed by atoms with Crippen LogP contribution in [0.5, 0.6) is 0 Å². The molecule has 3 heteroatoms. The molecule has 1 N–H and O–H groups in total. The number of nitrogens with zero attached hydrogens (tertiary/aromatic N) is 1. The molecule has 3 aliphatic carbocycles. The number of amides is 1. The van der Waals surface area contributed by atoms with E-state index in [1.807, 2.05) is 0 Å². The van der Waals surface area contributed by atoms with Gasteiger partial charge in [-0.1, -0.05) is 33.1 Å². The molecule has 0 aromatic carbocycles. The summed E-state index contributed by atoms with van der Waals surface area (Å²) in [6.07, 6.45) is 10.3. The van der Waals surface area contributed by atoms with E-state index in [2.05, 4.69) is 24.1 Å². The molecule has 2 bridgehead atoms. The highest BCUT2D eigenvalue weighted by Crippen LogP contribution is 2.50. The van der Waals surface area contributed by atoms with Gasteiger partial charge in [-0.25, -0.2) is 0 Å². The van der Waals surface area contributed by atoms with Crippen molar-refractivity contribution in [3.05, 3.63) is 0 Å². The largest absolute Gasteiger partial charge is 0.322 e. The van der Waals surface area contributed by atoms with Crippen molar-refractivity contribution in [2.45, 2.75) is 83.0 Å². The molecule has 4 unspecified atom stereocenters. The molecule has 1 spiro atoms. The third-order valence-electron chi connectivity index (χ3n) is 6.51. The zero-order chi connectivity index (χ0) is 13.9. The molecule has 0 radical (unpaired) electrons. The first-order chi connectivity index (χ1) is 9.61. The molecule has 4 aliphatic rings. The number of fused-ring (bicyclic) bond motifs is 2. The molecule has 1 aliphatic heterocycles. The summed E-state index contributed by atoms with van der Waals surface area (Å²) in [5.41, 5.74) is -0.184. The van der Waals surface area contributed by atoms with Crippen LogP contribution in [0.2, 0.25) is 0 Å². The lowest BCUT2D eigenvalue weighted by molar-refractivity contribution is -0.137. The van der Waals surface area contributed by atoms with Gasteiger partial charge in [-0.3, -0.25) is 10.1 Å². The molecule has 4 fully saturated rings. The summed E-state index contributed by atoms with van der Waals surface area (Å²) in [5, 5.41) is 3.78. The first-order valence-electron chi connectivity index (χ1n) is 8.71. The Balaban J connectivity index is 1.63. The molecule has 0 aromatic heterocycles. The summed E-state index contributed by atoms with van der Waals surface area (Å²) in [6, 6.07) is 0.543. The molecular weight excluding hydrogens is 248 g/mol. The van der Waals surface area contributed by atoms with E-state index in [1.165, 1.54) is 38.5 Å². The average Bonchev–Trinajstić information content (AvgIpc) is 3.17. The summed E-state index contributed by atoms with van der Waals surface area (Å²) in [6.45, 7) is 4.53. The van der Waals surface area contributed by atoms with E-state index < -0.39 is 0 Å². The van der Waals surface area contributed by atoms with Gasteiger partial charge in [-0.05, 0) is 49.9 Å². The predicted octanol–water partition coefficient (Wildman–Crippen LogP) is 2.90. The predicted molar refractivity (Wildman–Crippen MR) is 79.0 cm³/mol. The fraction of sp³-hybridized carbons (Fsp3) is 0.941. The van der Waals surface area contributed by atoms with Gasteiger partial charge in [0.1, 0.15) is 0 Å². The van der Waals surface area contributed by atoms with Gasteiger partial charge in [0.2, 0.25) is 5.91 Å². The van der Waals surface area contributed by atoms with Crippen LogP contribution in [0.4, 0.5) is 0 Å². The third-order valence-corrected chi connectivity index (χ3v) is 6.51. The van der Waals surface area contributed by atoms with E-state index in [0.29, 0.717) is 17.9 Å². The van der Waals surface area contributed by atoms with Gasteiger partial charge in [0.05, 0.1) is 11.7 Å². The molecule has 4 atom stereocenters. The zero-order valence-corrected chi connectivity index (χ0v) is 12.9. The Morgan fingerprint density at radius 3 is 2.50 bits per heavy atom. The first-order valence-corrected chi connectivity index (χ1v) is 8.71. The van der Waals surface area contributed by atoms with Gasteiger partial charge < -0.3 is 4.90 Å². The summed E-state index contributed by atoms with van der Waals surface area (Å²) in [7, 11) is 0. The summed E-state index contributed by atoms with van der Waals surface area (Å²) in [5.74, 6) is 2.67. The molecule has 1 heterocycles. The highest BCUT2D eigenvalue weighted by atomic mass is 16.2. The normalized spacial score (nSPS) is 42.5. The second kappa shape index (κ2) is 4.46. The fourth-order valence-corrected chi connectivity index (χ4v) is 5.52. The van der Waals surface area contributed by atoms with Crippen LogP contribution in [0.25, 0.3) is 0 Å². The van der Waals surface area contributed by atoms with Crippen molar-refractivity contribution >= 4 is 5.91 Å². The SMILES string of the molecule is CC(C)C1NC2(CCCC2)C(=O)N1C1CC2CCC1C2. The number of carbonyl (C=O) groups excluding carboxylic acids is 1. The number of carbonyl (C=O) groups is 1. The Kier molecular flexibility index (Phi) is 2.93. The van der Waals surface area contributed by atoms with Crippen LogP contribution >= 0.6 is 0 Å². The van der Waals surface area contributed by atoms with Crippen molar-refractivity contribution in [3.8, 4) is 0 Å². The maximum Gasteiger partial charge on any atom is 0.244 e. The minimum atomic E-state index is -0.184. The summed E-state index contributed by atoms with van der Waals surface area (Å²) >= 11 is 0. The van der Waals surface area contributed by atoms with Crippen LogP contribution in [0, 0.1) is 17.8 Å². The molecule has 112 valence electrons. The van der Waals surface area contributed by atoms with Crippen molar-refractivity contribution in [3.63, 3.8) is 0 Å². The Morgan fingerprint density at radius 2 is 1.95 bits per heavy atom. The van der Waals surface area contributed by atoms with E-state index in [9.17, 15) is 4.79 Å². The van der Waals surface area contributed by atoms with Gasteiger partial charge in [0, 0.05) is 6.04 Å². The van der Waals surface area contributed by atoms with E-state index in [-0.39, 0.29) is 11.7 Å². The summed E-state index contributed by atoms with van der Waals surface area (Å²) in [4.78, 5) is 15.5. The lowest BCUT2D eigenvalue weighted by Gasteiger charge is -2.37. The van der Waals surface area contributed by atoms with Crippen molar-refractivity contribution in [2.24, 2.45) is 17.8 Å². The first kappa shape index (κ1) is 13.1. The molecule has 4 rings (SSSR count). The average molecular weight is 276 g/mol. The maximum absolute atomic E-state index is 13.2. The van der Waals surface area contributed by atoms with Gasteiger partial charge in [0.15, 0.2) is 0 Å². The molecule has 3 saturated carbocycles. The van der Waals surface area contributed by atoms with Crippen LogP contribution < -0.4 is 5.32 Å². The lowest BCUT2D eigenvalue weighted by Crippen LogP contribution is -2.49. The minimum absolute atomic E-state index is 0.184. The second-order valence-corrected chi connectivity index (χ2v) is 8.08. The molecule has 20 heavy (non-hydrogen) atoms. The quantitative estimate of drug-likeness (QED) is 0.841. The van der Waals surface area contributed by atoms with Crippen LogP contribution in [0.15, 0.2) is 0 Å². The van der Waals surface area contributed by atoms with Crippen LogP contribution in [0.1, 0.15) is 65.2 Å². The molecule has 1 saturated heterocycles. The van der Waals surface area contributed by atoms with E-state index in [1.54, 1.807) is 0 Å². The van der Waals surface area contributed by atoms with Crippen molar-refractivity contribution < 1.29 is 4.79 Å². The zero-order valence-electron chi connectivity index (χ0n) is 12.9. The standard InChI is InChI=1S/C17H28N2O/c1-11(2)15-18-17(7-3-4-8-17)16(20)19(15)14-10-12-5-6-13(14)9-12/h11-15,18H,3-10H2,1-2H3. The molecule has 0 aromatic rings. The topological polar surface area (TPSA) is 32.3 Å². The second-order valence-electron chi connectivity index (χ2n) is 8.08.